The third kappa shape index (κ3) is 2.75. The minimum absolute atomic E-state index is 0.0952. The van der Waals surface area contributed by atoms with Crippen LogP contribution in [0.2, 0.25) is 0 Å². The van der Waals surface area contributed by atoms with E-state index in [0.29, 0.717) is 6.42 Å². The predicted molar refractivity (Wildman–Crippen MR) is 87.5 cm³/mol. The molecule has 3 heteroatoms. The number of hydrogen-bond acceptors (Lipinski definition) is 2. The number of hydrogen-bond donors (Lipinski definition) is 0. The normalized spacial score (nSPS) is 10.8. The van der Waals surface area contributed by atoms with Gasteiger partial charge < -0.3 is 4.74 Å². The SMILES string of the molecule is COc1ccc2c([c]c(C)n2C(=O)CCc2ccccc2)c1. The van der Waals surface area contributed by atoms with Gasteiger partial charge in [-0.05, 0) is 37.1 Å². The second kappa shape index (κ2) is 6.06. The summed E-state index contributed by atoms with van der Waals surface area (Å²) < 4.78 is 6.97. The first-order chi connectivity index (χ1) is 10.7. The number of nitrogens with zero attached hydrogens (tertiary/aromatic N) is 1. The average Bonchev–Trinajstić information content (AvgIpc) is 2.88. The Balaban J connectivity index is 1.86. The maximum absolute atomic E-state index is 12.6. The molecule has 3 rings (SSSR count). The van der Waals surface area contributed by atoms with E-state index in [-0.39, 0.29) is 5.91 Å². The van der Waals surface area contributed by atoms with Gasteiger partial charge in [0.1, 0.15) is 5.75 Å². The monoisotopic (exact) mass is 292 g/mol. The first-order valence-corrected chi connectivity index (χ1v) is 7.34. The van der Waals surface area contributed by atoms with E-state index in [1.165, 1.54) is 5.56 Å². The number of carbonyl (C=O) groups is 1. The molecule has 1 aromatic heterocycles. The van der Waals surface area contributed by atoms with Crippen molar-refractivity contribution in [1.29, 1.82) is 0 Å². The number of methoxy groups -OCH3 is 1. The Hall–Kier alpha value is -2.55. The van der Waals surface area contributed by atoms with Crippen LogP contribution in [0.5, 0.6) is 5.75 Å². The fraction of sp³-hybridized carbons (Fsp3) is 0.211. The minimum atomic E-state index is 0.0952. The molecule has 0 N–H and O–H groups in total. The molecule has 0 aliphatic carbocycles. The smallest absolute Gasteiger partial charge is 0.231 e. The molecule has 0 fully saturated rings. The van der Waals surface area contributed by atoms with Crippen LogP contribution in [0.15, 0.2) is 48.5 Å². The Labute approximate surface area is 130 Å². The minimum Gasteiger partial charge on any atom is -0.497 e. The largest absolute Gasteiger partial charge is 0.497 e. The molecule has 0 aliphatic rings. The second-order valence-corrected chi connectivity index (χ2v) is 5.31. The van der Waals surface area contributed by atoms with E-state index in [0.717, 1.165) is 28.8 Å². The van der Waals surface area contributed by atoms with Crippen molar-refractivity contribution in [1.82, 2.24) is 4.57 Å². The van der Waals surface area contributed by atoms with Crippen LogP contribution < -0.4 is 4.74 Å². The van der Waals surface area contributed by atoms with Crippen molar-refractivity contribution >= 4 is 16.8 Å². The standard InChI is InChI=1S/C19H18NO2/c1-14-12-16-13-17(22-2)9-10-18(16)20(14)19(21)11-8-15-6-4-3-5-7-15/h3-7,9-10,13H,8,11H2,1-2H3. The molecular formula is C19H18NO2. The number of fused-ring (bicyclic) bond motifs is 1. The lowest BCUT2D eigenvalue weighted by Crippen LogP contribution is -2.12. The molecule has 1 heterocycles. The number of aryl methyl sites for hydroxylation is 2. The van der Waals surface area contributed by atoms with Crippen LogP contribution in [0.1, 0.15) is 22.5 Å². The highest BCUT2D eigenvalue weighted by molar-refractivity contribution is 5.94. The van der Waals surface area contributed by atoms with Gasteiger partial charge in [0.15, 0.2) is 0 Å². The second-order valence-electron chi connectivity index (χ2n) is 5.31. The first-order valence-electron chi connectivity index (χ1n) is 7.34. The Morgan fingerprint density at radius 2 is 1.95 bits per heavy atom. The van der Waals surface area contributed by atoms with Crippen LogP contribution >= 0.6 is 0 Å². The molecule has 0 bridgehead atoms. The highest BCUT2D eigenvalue weighted by Gasteiger charge is 2.13. The van der Waals surface area contributed by atoms with Crippen LogP contribution in [0.25, 0.3) is 10.9 Å². The van der Waals surface area contributed by atoms with Crippen LogP contribution in [0.3, 0.4) is 0 Å². The van der Waals surface area contributed by atoms with Gasteiger partial charge >= 0.3 is 0 Å². The summed E-state index contributed by atoms with van der Waals surface area (Å²) in [5.41, 5.74) is 2.90. The highest BCUT2D eigenvalue weighted by atomic mass is 16.5. The Morgan fingerprint density at radius 1 is 1.18 bits per heavy atom. The number of ether oxygens (including phenoxy) is 1. The fourth-order valence-electron chi connectivity index (χ4n) is 2.70. The average molecular weight is 292 g/mol. The van der Waals surface area contributed by atoms with Crippen molar-refractivity contribution in [3.8, 4) is 5.75 Å². The molecule has 3 aromatic rings. The van der Waals surface area contributed by atoms with Gasteiger partial charge in [0, 0.05) is 23.6 Å². The lowest BCUT2D eigenvalue weighted by atomic mass is 10.1. The van der Waals surface area contributed by atoms with Crippen LogP contribution in [0, 0.1) is 13.0 Å². The van der Waals surface area contributed by atoms with Gasteiger partial charge in [-0.15, -0.1) is 0 Å². The summed E-state index contributed by atoms with van der Waals surface area (Å²) in [5, 5.41) is 0.907. The van der Waals surface area contributed by atoms with Crippen molar-refractivity contribution in [3.05, 3.63) is 65.9 Å². The molecule has 0 unspecified atom stereocenters. The van der Waals surface area contributed by atoms with Crippen molar-refractivity contribution in [3.63, 3.8) is 0 Å². The fourth-order valence-corrected chi connectivity index (χ4v) is 2.70. The van der Waals surface area contributed by atoms with E-state index < -0.39 is 0 Å². The van der Waals surface area contributed by atoms with Crippen LogP contribution in [0.4, 0.5) is 0 Å². The molecule has 2 aromatic carbocycles. The molecule has 22 heavy (non-hydrogen) atoms. The summed E-state index contributed by atoms with van der Waals surface area (Å²) >= 11 is 0. The van der Waals surface area contributed by atoms with E-state index >= 15 is 0 Å². The molecular weight excluding hydrogens is 274 g/mol. The third-order valence-electron chi connectivity index (χ3n) is 3.82. The van der Waals surface area contributed by atoms with E-state index in [2.05, 4.69) is 6.07 Å². The maximum Gasteiger partial charge on any atom is 0.231 e. The van der Waals surface area contributed by atoms with Crippen molar-refractivity contribution in [2.45, 2.75) is 19.8 Å². The maximum atomic E-state index is 12.6. The number of benzene rings is 2. The lowest BCUT2D eigenvalue weighted by molar-refractivity contribution is 0.0906. The quantitative estimate of drug-likeness (QED) is 0.727. The summed E-state index contributed by atoms with van der Waals surface area (Å²) in [5.74, 6) is 0.871. The van der Waals surface area contributed by atoms with Gasteiger partial charge in [-0.25, -0.2) is 0 Å². The zero-order valence-corrected chi connectivity index (χ0v) is 12.8. The molecule has 1 radical (unpaired) electrons. The molecule has 0 aliphatic heterocycles. The summed E-state index contributed by atoms with van der Waals surface area (Å²) in [7, 11) is 1.63. The highest BCUT2D eigenvalue weighted by Crippen LogP contribution is 2.24. The van der Waals surface area contributed by atoms with Crippen molar-refractivity contribution < 1.29 is 9.53 Å². The topological polar surface area (TPSA) is 31.2 Å². The van der Waals surface area contributed by atoms with Gasteiger partial charge in [0.25, 0.3) is 0 Å². The number of rotatable bonds is 4. The predicted octanol–water partition coefficient (Wildman–Crippen LogP) is 4.03. The van der Waals surface area contributed by atoms with E-state index in [9.17, 15) is 4.79 Å². The van der Waals surface area contributed by atoms with Gasteiger partial charge in [-0.1, -0.05) is 30.3 Å². The van der Waals surface area contributed by atoms with Gasteiger partial charge in [-0.2, -0.15) is 0 Å². The first kappa shape index (κ1) is 14.4. The van der Waals surface area contributed by atoms with E-state index in [4.69, 9.17) is 4.74 Å². The Kier molecular flexibility index (Phi) is 3.96. The molecule has 0 atom stereocenters. The number of carbonyl (C=O) groups excluding carboxylic acids is 1. The summed E-state index contributed by atoms with van der Waals surface area (Å²) in [4.78, 5) is 12.6. The Bertz CT molecular complexity index is 803. The third-order valence-corrected chi connectivity index (χ3v) is 3.82. The molecule has 3 nitrogen and oxygen atoms in total. The molecule has 0 saturated carbocycles. The van der Waals surface area contributed by atoms with Crippen molar-refractivity contribution in [2.24, 2.45) is 0 Å². The van der Waals surface area contributed by atoms with E-state index in [1.54, 1.807) is 11.7 Å². The summed E-state index contributed by atoms with van der Waals surface area (Å²) in [6, 6.07) is 19.0. The zero-order valence-electron chi connectivity index (χ0n) is 12.8. The lowest BCUT2D eigenvalue weighted by Gasteiger charge is -2.07. The molecule has 0 saturated heterocycles. The molecule has 0 spiro atoms. The molecule has 0 amide bonds. The summed E-state index contributed by atoms with van der Waals surface area (Å²) in [6.07, 6.45) is 1.23. The van der Waals surface area contributed by atoms with E-state index in [1.807, 2.05) is 55.5 Å². The summed E-state index contributed by atoms with van der Waals surface area (Å²) in [6.45, 7) is 1.91. The van der Waals surface area contributed by atoms with Crippen molar-refractivity contribution in [2.75, 3.05) is 7.11 Å². The van der Waals surface area contributed by atoms with Crippen LogP contribution in [-0.4, -0.2) is 17.6 Å². The molecule has 111 valence electrons. The van der Waals surface area contributed by atoms with Gasteiger partial charge in [-0.3, -0.25) is 9.36 Å². The Morgan fingerprint density at radius 3 is 2.68 bits per heavy atom. The van der Waals surface area contributed by atoms with Gasteiger partial charge in [0.05, 0.1) is 12.6 Å². The zero-order chi connectivity index (χ0) is 15.5. The van der Waals surface area contributed by atoms with Crippen LogP contribution in [-0.2, 0) is 6.42 Å². The number of aromatic nitrogens is 1. The van der Waals surface area contributed by atoms with Gasteiger partial charge in [0.2, 0.25) is 5.91 Å².